The van der Waals surface area contributed by atoms with Gasteiger partial charge in [0.2, 0.25) is 5.91 Å². The summed E-state index contributed by atoms with van der Waals surface area (Å²) in [6, 6.07) is 3.22. The average Bonchev–Trinajstić information content (AvgIpc) is 2.42. The summed E-state index contributed by atoms with van der Waals surface area (Å²) < 4.78 is 0. The Hall–Kier alpha value is -1.86. The first-order valence-corrected chi connectivity index (χ1v) is 6.09. The molecule has 0 bridgehead atoms. The molecule has 0 spiro atoms. The number of carbonyl (C=O) groups excluding carboxylic acids is 1. The van der Waals surface area contributed by atoms with Gasteiger partial charge in [-0.2, -0.15) is 0 Å². The minimum Gasteiger partial charge on any atom is -0.506 e. The van der Waals surface area contributed by atoms with Crippen LogP contribution in [0.4, 0.5) is 11.4 Å². The van der Waals surface area contributed by atoms with E-state index in [1.165, 1.54) is 12.1 Å². The number of aromatic hydroxyl groups is 1. The van der Waals surface area contributed by atoms with Crippen molar-refractivity contribution < 1.29 is 14.8 Å². The molecule has 1 fully saturated rings. The van der Waals surface area contributed by atoms with E-state index in [0.717, 1.165) is 31.9 Å². The fraction of sp³-hybridized carbons (Fsp3) is 0.417. The highest BCUT2D eigenvalue weighted by Crippen LogP contribution is 2.28. The SMILES string of the molecule is Cl.O=C(Nc1cc([N+](=O)[O-])ccc1O)[C@H]1CCCCN1. The zero-order chi connectivity index (χ0) is 13.8. The predicted molar refractivity (Wildman–Crippen MR) is 76.3 cm³/mol. The molecule has 8 heteroatoms. The predicted octanol–water partition coefficient (Wildman–Crippen LogP) is 1.80. The van der Waals surface area contributed by atoms with Crippen LogP contribution >= 0.6 is 12.4 Å². The van der Waals surface area contributed by atoms with Crippen LogP contribution in [0.15, 0.2) is 18.2 Å². The highest BCUT2D eigenvalue weighted by atomic mass is 35.5. The monoisotopic (exact) mass is 301 g/mol. The molecule has 3 N–H and O–H groups in total. The largest absolute Gasteiger partial charge is 0.506 e. The first kappa shape index (κ1) is 16.2. The van der Waals surface area contributed by atoms with E-state index in [1.54, 1.807) is 0 Å². The third kappa shape index (κ3) is 3.82. The molecule has 1 amide bonds. The van der Waals surface area contributed by atoms with Crippen molar-refractivity contribution in [3.63, 3.8) is 0 Å². The van der Waals surface area contributed by atoms with Crippen LogP contribution in [-0.4, -0.2) is 28.5 Å². The number of benzene rings is 1. The van der Waals surface area contributed by atoms with Gasteiger partial charge >= 0.3 is 0 Å². The van der Waals surface area contributed by atoms with Crippen LogP contribution in [0.5, 0.6) is 5.75 Å². The Labute approximate surface area is 121 Å². The molecule has 7 nitrogen and oxygen atoms in total. The van der Waals surface area contributed by atoms with E-state index in [0.29, 0.717) is 0 Å². The second-order valence-corrected chi connectivity index (χ2v) is 4.45. The summed E-state index contributed by atoms with van der Waals surface area (Å²) in [6.45, 7) is 0.777. The molecule has 1 aromatic rings. The van der Waals surface area contributed by atoms with Crippen LogP contribution < -0.4 is 10.6 Å². The van der Waals surface area contributed by atoms with Crippen molar-refractivity contribution in [2.75, 3.05) is 11.9 Å². The third-order valence-electron chi connectivity index (χ3n) is 3.08. The van der Waals surface area contributed by atoms with Gasteiger partial charge in [0.25, 0.3) is 5.69 Å². The maximum Gasteiger partial charge on any atom is 0.271 e. The van der Waals surface area contributed by atoms with Crippen LogP contribution in [0.1, 0.15) is 19.3 Å². The van der Waals surface area contributed by atoms with Crippen molar-refractivity contribution in [2.24, 2.45) is 0 Å². The minimum absolute atomic E-state index is 0. The lowest BCUT2D eigenvalue weighted by Crippen LogP contribution is -2.43. The van der Waals surface area contributed by atoms with E-state index >= 15 is 0 Å². The number of amides is 1. The Morgan fingerprint density at radius 3 is 2.80 bits per heavy atom. The molecule has 1 atom stereocenters. The summed E-state index contributed by atoms with van der Waals surface area (Å²) >= 11 is 0. The minimum atomic E-state index is -0.575. The quantitative estimate of drug-likeness (QED) is 0.448. The fourth-order valence-corrected chi connectivity index (χ4v) is 2.03. The Balaban J connectivity index is 0.00000200. The normalized spacial score (nSPS) is 17.9. The molecule has 0 aliphatic carbocycles. The van der Waals surface area contributed by atoms with Gasteiger partial charge in [-0.1, -0.05) is 6.42 Å². The van der Waals surface area contributed by atoms with Crippen LogP contribution in [0.3, 0.4) is 0 Å². The van der Waals surface area contributed by atoms with E-state index in [2.05, 4.69) is 10.6 Å². The van der Waals surface area contributed by atoms with Crippen LogP contribution in [0.2, 0.25) is 0 Å². The third-order valence-corrected chi connectivity index (χ3v) is 3.08. The lowest BCUT2D eigenvalue weighted by molar-refractivity contribution is -0.384. The first-order valence-electron chi connectivity index (χ1n) is 6.09. The van der Waals surface area contributed by atoms with E-state index in [4.69, 9.17) is 0 Å². The van der Waals surface area contributed by atoms with E-state index in [9.17, 15) is 20.0 Å². The van der Waals surface area contributed by atoms with Crippen molar-refractivity contribution in [3.05, 3.63) is 28.3 Å². The van der Waals surface area contributed by atoms with Gasteiger partial charge in [-0.25, -0.2) is 0 Å². The van der Waals surface area contributed by atoms with Gasteiger partial charge in [-0.15, -0.1) is 12.4 Å². The van der Waals surface area contributed by atoms with Crippen molar-refractivity contribution in [1.29, 1.82) is 0 Å². The molecular formula is C12H16ClN3O4. The zero-order valence-electron chi connectivity index (χ0n) is 10.7. The Morgan fingerprint density at radius 1 is 1.45 bits per heavy atom. The molecule has 1 aliphatic heterocycles. The maximum absolute atomic E-state index is 11.9. The number of carbonyl (C=O) groups is 1. The van der Waals surface area contributed by atoms with Gasteiger partial charge in [0.1, 0.15) is 5.75 Å². The first-order chi connectivity index (χ1) is 9.08. The van der Waals surface area contributed by atoms with Crippen molar-refractivity contribution in [2.45, 2.75) is 25.3 Å². The molecule has 1 aliphatic rings. The van der Waals surface area contributed by atoms with Crippen molar-refractivity contribution >= 4 is 29.7 Å². The zero-order valence-corrected chi connectivity index (χ0v) is 11.5. The number of rotatable bonds is 3. The van der Waals surface area contributed by atoms with Crippen LogP contribution in [0, 0.1) is 10.1 Å². The number of nitro benzene ring substituents is 1. The number of hydrogen-bond acceptors (Lipinski definition) is 5. The number of hydrogen-bond donors (Lipinski definition) is 3. The van der Waals surface area contributed by atoms with Gasteiger partial charge in [0.15, 0.2) is 0 Å². The Bertz CT molecular complexity index is 503. The molecule has 2 rings (SSSR count). The van der Waals surface area contributed by atoms with Crippen LogP contribution in [0.25, 0.3) is 0 Å². The second kappa shape index (κ2) is 7.06. The molecule has 0 radical (unpaired) electrons. The molecule has 1 saturated heterocycles. The van der Waals surface area contributed by atoms with Crippen molar-refractivity contribution in [3.8, 4) is 5.75 Å². The van der Waals surface area contributed by atoms with Gasteiger partial charge in [-0.05, 0) is 25.5 Å². The summed E-state index contributed by atoms with van der Waals surface area (Å²) in [6.07, 6.45) is 2.72. The summed E-state index contributed by atoms with van der Waals surface area (Å²) in [5.41, 5.74) is -0.115. The number of piperidine rings is 1. The summed E-state index contributed by atoms with van der Waals surface area (Å²) in [5, 5.41) is 25.8. The van der Waals surface area contributed by atoms with E-state index in [-0.39, 0.29) is 41.5 Å². The number of phenolic OH excluding ortho intramolecular Hbond substituents is 1. The summed E-state index contributed by atoms with van der Waals surface area (Å²) in [4.78, 5) is 22.0. The summed E-state index contributed by atoms with van der Waals surface area (Å²) in [7, 11) is 0. The number of nitrogens with one attached hydrogen (secondary N) is 2. The highest BCUT2D eigenvalue weighted by Gasteiger charge is 2.22. The lowest BCUT2D eigenvalue weighted by Gasteiger charge is -2.22. The number of phenols is 1. The molecule has 1 aromatic carbocycles. The molecule has 110 valence electrons. The molecule has 0 saturated carbocycles. The molecule has 1 heterocycles. The maximum atomic E-state index is 11.9. The number of halogens is 1. The van der Waals surface area contributed by atoms with Crippen molar-refractivity contribution in [1.82, 2.24) is 5.32 Å². The topological polar surface area (TPSA) is 104 Å². The molecule has 20 heavy (non-hydrogen) atoms. The Kier molecular flexibility index (Phi) is 5.72. The highest BCUT2D eigenvalue weighted by molar-refractivity contribution is 5.96. The van der Waals surface area contributed by atoms with Gasteiger partial charge in [-0.3, -0.25) is 14.9 Å². The smallest absolute Gasteiger partial charge is 0.271 e. The number of non-ortho nitro benzene ring substituents is 1. The van der Waals surface area contributed by atoms with Crippen LogP contribution in [-0.2, 0) is 4.79 Å². The van der Waals surface area contributed by atoms with Gasteiger partial charge in [0.05, 0.1) is 16.7 Å². The number of nitro groups is 1. The number of nitrogens with zero attached hydrogens (tertiary/aromatic N) is 1. The van der Waals surface area contributed by atoms with Gasteiger partial charge in [0, 0.05) is 12.1 Å². The molecule has 0 unspecified atom stereocenters. The fourth-order valence-electron chi connectivity index (χ4n) is 2.03. The second-order valence-electron chi connectivity index (χ2n) is 4.45. The average molecular weight is 302 g/mol. The molecule has 0 aromatic heterocycles. The van der Waals surface area contributed by atoms with E-state index in [1.807, 2.05) is 0 Å². The standard InChI is InChI=1S/C12H15N3O4.ClH/c16-11-5-4-8(15(18)19)7-10(11)14-12(17)9-3-1-2-6-13-9;/h4-5,7,9,13,16H,1-3,6H2,(H,14,17);1H/t9-;/m1./s1. The van der Waals surface area contributed by atoms with E-state index < -0.39 is 4.92 Å². The summed E-state index contributed by atoms with van der Waals surface area (Å²) in [5.74, 6) is -0.467. The molecular weight excluding hydrogens is 286 g/mol. The van der Waals surface area contributed by atoms with Gasteiger partial charge < -0.3 is 15.7 Å². The lowest BCUT2D eigenvalue weighted by atomic mass is 10.0. The Morgan fingerprint density at radius 2 is 2.20 bits per heavy atom. The number of anilines is 1.